The van der Waals surface area contributed by atoms with Crippen molar-refractivity contribution in [3.8, 4) is 0 Å². The number of aromatic carboxylic acids is 1. The van der Waals surface area contributed by atoms with E-state index in [1.807, 2.05) is 0 Å². The topological polar surface area (TPSA) is 70.2 Å². The van der Waals surface area contributed by atoms with E-state index in [0.717, 1.165) is 16.5 Å². The first-order valence-corrected chi connectivity index (χ1v) is 7.00. The lowest BCUT2D eigenvalue weighted by Crippen LogP contribution is -2.14. The van der Waals surface area contributed by atoms with E-state index in [2.05, 4.69) is 4.98 Å². The number of carbonyl (C=O) groups excluding carboxylic acids is 1. The number of carboxylic acids is 1. The molecule has 2 aromatic rings. The van der Waals surface area contributed by atoms with Gasteiger partial charge in [-0.1, -0.05) is 11.6 Å². The first-order valence-electron chi connectivity index (χ1n) is 6.62. The number of aromatic amines is 1. The lowest BCUT2D eigenvalue weighted by molar-refractivity contribution is -0.120. The molecule has 1 saturated carbocycles. The molecule has 1 fully saturated rings. The summed E-state index contributed by atoms with van der Waals surface area (Å²) in [6, 6.07) is 5.33. The predicted octanol–water partition coefficient (Wildman–Crippen LogP) is 3.75. The molecule has 5 heteroatoms. The molecule has 1 aromatic carbocycles. The van der Waals surface area contributed by atoms with Crippen LogP contribution in [0.5, 0.6) is 0 Å². The second kappa shape index (κ2) is 4.94. The van der Waals surface area contributed by atoms with Gasteiger partial charge in [0.1, 0.15) is 11.5 Å². The Kier molecular flexibility index (Phi) is 3.26. The van der Waals surface area contributed by atoms with Crippen LogP contribution >= 0.6 is 11.6 Å². The fourth-order valence-corrected chi connectivity index (χ4v) is 3.18. The average Bonchev–Trinajstić information content (AvgIpc) is 2.78. The highest BCUT2D eigenvalue weighted by atomic mass is 35.5. The monoisotopic (exact) mass is 291 g/mol. The van der Waals surface area contributed by atoms with Crippen LogP contribution in [0.4, 0.5) is 0 Å². The molecule has 4 nitrogen and oxygen atoms in total. The normalized spacial score (nSPS) is 16.8. The molecule has 2 N–H and O–H groups in total. The second-order valence-electron chi connectivity index (χ2n) is 5.22. The Labute approximate surface area is 120 Å². The minimum Gasteiger partial charge on any atom is -0.477 e. The molecule has 104 valence electrons. The first-order chi connectivity index (χ1) is 9.56. The number of Topliss-reactive ketones (excluding diaryl/α,β-unsaturated/α-hetero) is 1. The van der Waals surface area contributed by atoms with Gasteiger partial charge in [0.25, 0.3) is 0 Å². The molecule has 1 heterocycles. The molecular weight excluding hydrogens is 278 g/mol. The molecule has 0 saturated heterocycles. The van der Waals surface area contributed by atoms with Crippen molar-refractivity contribution in [2.75, 3.05) is 0 Å². The van der Waals surface area contributed by atoms with Gasteiger partial charge in [-0.05, 0) is 42.5 Å². The minimum absolute atomic E-state index is 0.103. The van der Waals surface area contributed by atoms with Gasteiger partial charge in [-0.25, -0.2) is 4.79 Å². The van der Waals surface area contributed by atoms with Gasteiger partial charge in [0.15, 0.2) is 0 Å². The van der Waals surface area contributed by atoms with E-state index in [0.29, 0.717) is 30.7 Å². The molecule has 20 heavy (non-hydrogen) atoms. The maximum absolute atomic E-state index is 11.5. The van der Waals surface area contributed by atoms with E-state index < -0.39 is 5.97 Å². The maximum atomic E-state index is 11.5. The summed E-state index contributed by atoms with van der Waals surface area (Å²) in [6.45, 7) is 0. The van der Waals surface area contributed by atoms with Gasteiger partial charge in [0.05, 0.1) is 0 Å². The summed E-state index contributed by atoms with van der Waals surface area (Å²) in [5.74, 6) is -0.605. The van der Waals surface area contributed by atoms with Crippen LogP contribution in [0, 0.1) is 0 Å². The van der Waals surface area contributed by atoms with Crippen LogP contribution in [0.2, 0.25) is 5.02 Å². The highest BCUT2D eigenvalue weighted by Crippen LogP contribution is 2.38. The van der Waals surface area contributed by atoms with Crippen molar-refractivity contribution in [3.05, 3.63) is 34.5 Å². The van der Waals surface area contributed by atoms with Crippen LogP contribution in [0.15, 0.2) is 18.2 Å². The number of hydrogen-bond acceptors (Lipinski definition) is 2. The van der Waals surface area contributed by atoms with Crippen LogP contribution in [0.25, 0.3) is 10.9 Å². The number of carboxylic acid groups (broad SMARTS) is 1. The fraction of sp³-hybridized carbons (Fsp3) is 0.333. The number of hydrogen-bond donors (Lipinski definition) is 2. The Bertz CT molecular complexity index is 694. The van der Waals surface area contributed by atoms with Gasteiger partial charge in [0.2, 0.25) is 0 Å². The summed E-state index contributed by atoms with van der Waals surface area (Å²) in [5, 5.41) is 10.8. The molecule has 3 rings (SSSR count). The number of aromatic nitrogens is 1. The zero-order valence-corrected chi connectivity index (χ0v) is 11.5. The maximum Gasteiger partial charge on any atom is 0.352 e. The lowest BCUT2D eigenvalue weighted by atomic mass is 9.82. The standard InChI is InChI=1S/C15H14ClNO3/c16-9-3-6-12-11(7-9)13(14(17-12)15(19)20)8-1-4-10(18)5-2-8/h3,6-8,17H,1-2,4-5H2,(H,19,20). The molecular formula is C15H14ClNO3. The summed E-state index contributed by atoms with van der Waals surface area (Å²) in [4.78, 5) is 25.8. The largest absolute Gasteiger partial charge is 0.477 e. The summed E-state index contributed by atoms with van der Waals surface area (Å²) < 4.78 is 0. The minimum atomic E-state index is -0.968. The summed E-state index contributed by atoms with van der Waals surface area (Å²) in [7, 11) is 0. The van der Waals surface area contributed by atoms with Gasteiger partial charge in [-0.15, -0.1) is 0 Å². The van der Waals surface area contributed by atoms with Crippen molar-refractivity contribution in [3.63, 3.8) is 0 Å². The summed E-state index contributed by atoms with van der Waals surface area (Å²) in [5.41, 5.74) is 1.79. The highest BCUT2D eigenvalue weighted by Gasteiger charge is 2.27. The average molecular weight is 292 g/mol. The molecule has 0 amide bonds. The summed E-state index contributed by atoms with van der Waals surface area (Å²) >= 11 is 6.03. The molecule has 0 unspecified atom stereocenters. The third-order valence-corrected chi connectivity index (χ3v) is 4.20. The van der Waals surface area contributed by atoms with E-state index in [4.69, 9.17) is 11.6 Å². The zero-order valence-electron chi connectivity index (χ0n) is 10.8. The van der Waals surface area contributed by atoms with Crippen molar-refractivity contribution >= 4 is 34.3 Å². The van der Waals surface area contributed by atoms with Gasteiger partial charge in [-0.3, -0.25) is 4.79 Å². The number of ketones is 1. The quantitative estimate of drug-likeness (QED) is 0.885. The van der Waals surface area contributed by atoms with Crippen LogP contribution < -0.4 is 0 Å². The van der Waals surface area contributed by atoms with Crippen LogP contribution in [0.1, 0.15) is 47.7 Å². The number of benzene rings is 1. The van der Waals surface area contributed by atoms with Gasteiger partial charge >= 0.3 is 5.97 Å². The van der Waals surface area contributed by atoms with Gasteiger partial charge in [-0.2, -0.15) is 0 Å². The van der Waals surface area contributed by atoms with E-state index in [9.17, 15) is 14.7 Å². The van der Waals surface area contributed by atoms with Crippen molar-refractivity contribution in [1.82, 2.24) is 4.98 Å². The number of nitrogens with one attached hydrogen (secondary N) is 1. The van der Waals surface area contributed by atoms with E-state index in [-0.39, 0.29) is 17.4 Å². The Morgan fingerprint density at radius 2 is 2.00 bits per heavy atom. The third kappa shape index (κ3) is 2.20. The van der Waals surface area contributed by atoms with Gasteiger partial charge in [0, 0.05) is 28.8 Å². The highest BCUT2D eigenvalue weighted by molar-refractivity contribution is 6.31. The SMILES string of the molecule is O=C1CCC(c2c(C(=O)O)[nH]c3ccc(Cl)cc23)CC1. The third-order valence-electron chi connectivity index (χ3n) is 3.97. The predicted molar refractivity (Wildman–Crippen MR) is 76.5 cm³/mol. The number of H-pyrrole nitrogens is 1. The van der Waals surface area contributed by atoms with Crippen LogP contribution in [-0.2, 0) is 4.79 Å². The van der Waals surface area contributed by atoms with Crippen LogP contribution in [0.3, 0.4) is 0 Å². The molecule has 1 aliphatic carbocycles. The van der Waals surface area contributed by atoms with Crippen molar-refractivity contribution in [2.24, 2.45) is 0 Å². The molecule has 0 spiro atoms. The van der Waals surface area contributed by atoms with Crippen LogP contribution in [-0.4, -0.2) is 21.8 Å². The second-order valence-corrected chi connectivity index (χ2v) is 5.66. The van der Waals surface area contributed by atoms with E-state index in [1.54, 1.807) is 18.2 Å². The van der Waals surface area contributed by atoms with Crippen molar-refractivity contribution in [1.29, 1.82) is 0 Å². The van der Waals surface area contributed by atoms with Crippen molar-refractivity contribution < 1.29 is 14.7 Å². The number of fused-ring (bicyclic) bond motifs is 1. The zero-order chi connectivity index (χ0) is 14.3. The van der Waals surface area contributed by atoms with Gasteiger partial charge < -0.3 is 10.1 Å². The Hall–Kier alpha value is -1.81. The summed E-state index contributed by atoms with van der Waals surface area (Å²) in [6.07, 6.45) is 2.46. The molecule has 0 aliphatic heterocycles. The molecule has 0 bridgehead atoms. The molecule has 1 aromatic heterocycles. The van der Waals surface area contributed by atoms with E-state index >= 15 is 0 Å². The Balaban J connectivity index is 2.15. The smallest absolute Gasteiger partial charge is 0.352 e. The fourth-order valence-electron chi connectivity index (χ4n) is 3.01. The molecule has 0 radical (unpaired) electrons. The number of halogens is 1. The number of rotatable bonds is 2. The first kappa shape index (κ1) is 13.2. The Morgan fingerprint density at radius 3 is 2.65 bits per heavy atom. The van der Waals surface area contributed by atoms with Crippen molar-refractivity contribution in [2.45, 2.75) is 31.6 Å². The Morgan fingerprint density at radius 1 is 1.30 bits per heavy atom. The lowest BCUT2D eigenvalue weighted by Gasteiger charge is -2.21. The molecule has 0 atom stereocenters. The number of carbonyl (C=O) groups is 2. The van der Waals surface area contributed by atoms with E-state index in [1.165, 1.54) is 0 Å². The molecule has 1 aliphatic rings.